The molecule has 4 heteroatoms. The van der Waals surface area contributed by atoms with E-state index in [1.165, 1.54) is 307 Å². The van der Waals surface area contributed by atoms with Crippen LogP contribution in [0.5, 0.6) is 0 Å². The van der Waals surface area contributed by atoms with Crippen molar-refractivity contribution in [2.75, 3.05) is 46.4 Å². The number of nitrogens with zero attached hydrogens (tertiary/aromatic N) is 2. The van der Waals surface area contributed by atoms with Gasteiger partial charge in [-0.2, -0.15) is 0 Å². The van der Waals surface area contributed by atoms with Gasteiger partial charge in [0.05, 0.1) is 6.61 Å². The highest BCUT2D eigenvalue weighted by Gasteiger charge is 2.10. The topological polar surface area (TPSA) is 32.8 Å². The maximum absolute atomic E-state index is 12.7. The van der Waals surface area contributed by atoms with Crippen LogP contribution in [0.2, 0.25) is 0 Å². The Balaban J connectivity index is 4.33. The van der Waals surface area contributed by atoms with Crippen molar-refractivity contribution in [3.63, 3.8) is 0 Å². The van der Waals surface area contributed by atoms with Gasteiger partial charge in [-0.05, 0) is 110 Å². The van der Waals surface area contributed by atoms with Crippen molar-refractivity contribution in [1.29, 1.82) is 0 Å². The van der Waals surface area contributed by atoms with Gasteiger partial charge in [0.1, 0.15) is 0 Å². The molecular weight excluding hydrogens is 841 g/mol. The fourth-order valence-electron chi connectivity index (χ4n) is 10.4. The monoisotopic (exact) mass is 969 g/mol. The molecule has 0 aliphatic carbocycles. The zero-order valence-corrected chi connectivity index (χ0v) is 48.2. The SMILES string of the molecule is C=C(CCCCCCCCCCCCCCCC)CCCN(C)CCCN(CCCC(=C)CCCCCCCCCCCCCCCC)CCCC(=O)OCCCCCCCCCCCCCCC. The molecule has 0 spiro atoms. The molecule has 0 atom stereocenters. The number of allylic oxidation sites excluding steroid dienone is 2. The van der Waals surface area contributed by atoms with E-state index < -0.39 is 0 Å². The summed E-state index contributed by atoms with van der Waals surface area (Å²) in [5, 5.41) is 0. The molecule has 0 bridgehead atoms. The van der Waals surface area contributed by atoms with Crippen LogP contribution in [0.3, 0.4) is 0 Å². The van der Waals surface area contributed by atoms with E-state index in [0.29, 0.717) is 13.0 Å². The average molecular weight is 970 g/mol. The Morgan fingerprint density at radius 2 is 0.551 bits per heavy atom. The third-order valence-corrected chi connectivity index (χ3v) is 15.2. The molecule has 0 fully saturated rings. The Labute approximate surface area is 436 Å². The summed E-state index contributed by atoms with van der Waals surface area (Å²) in [7, 11) is 2.30. The molecular formula is C65H128N2O2. The van der Waals surface area contributed by atoms with Gasteiger partial charge in [0.15, 0.2) is 0 Å². The largest absolute Gasteiger partial charge is 0.466 e. The Hall–Kier alpha value is -1.13. The van der Waals surface area contributed by atoms with Crippen molar-refractivity contribution in [2.24, 2.45) is 0 Å². The molecule has 4 nitrogen and oxygen atoms in total. The highest BCUT2D eigenvalue weighted by atomic mass is 16.5. The van der Waals surface area contributed by atoms with Crippen LogP contribution in [0.1, 0.15) is 342 Å². The number of carbonyl (C=O) groups is 1. The van der Waals surface area contributed by atoms with Crippen molar-refractivity contribution in [3.05, 3.63) is 24.3 Å². The third-order valence-electron chi connectivity index (χ3n) is 15.2. The van der Waals surface area contributed by atoms with Crippen molar-refractivity contribution in [1.82, 2.24) is 9.80 Å². The van der Waals surface area contributed by atoms with Gasteiger partial charge in [-0.15, -0.1) is 0 Å². The summed E-state index contributed by atoms with van der Waals surface area (Å²) in [4.78, 5) is 17.8. The summed E-state index contributed by atoms with van der Waals surface area (Å²) < 4.78 is 5.69. The molecule has 0 aliphatic heterocycles. The number of esters is 1. The van der Waals surface area contributed by atoms with Crippen molar-refractivity contribution in [2.45, 2.75) is 342 Å². The van der Waals surface area contributed by atoms with Gasteiger partial charge in [0.25, 0.3) is 0 Å². The number of carbonyl (C=O) groups excluding carboxylic acids is 1. The summed E-state index contributed by atoms with van der Waals surface area (Å²) in [5.41, 5.74) is 2.90. The predicted octanol–water partition coefficient (Wildman–Crippen LogP) is 21.4. The second kappa shape index (κ2) is 57.8. The fraction of sp³-hybridized carbons (Fsp3) is 0.923. The molecule has 0 saturated heterocycles. The summed E-state index contributed by atoms with van der Waals surface area (Å²) >= 11 is 0. The first kappa shape index (κ1) is 67.9. The van der Waals surface area contributed by atoms with Gasteiger partial charge < -0.3 is 14.5 Å². The van der Waals surface area contributed by atoms with Crippen molar-refractivity contribution >= 4 is 5.97 Å². The normalized spacial score (nSPS) is 11.7. The van der Waals surface area contributed by atoms with Crippen LogP contribution in [0.15, 0.2) is 24.3 Å². The first-order valence-corrected chi connectivity index (χ1v) is 31.8. The van der Waals surface area contributed by atoms with E-state index in [1.54, 1.807) is 0 Å². The first-order chi connectivity index (χ1) is 33.9. The van der Waals surface area contributed by atoms with Crippen molar-refractivity contribution < 1.29 is 9.53 Å². The molecule has 0 aromatic heterocycles. The predicted molar refractivity (Wildman–Crippen MR) is 311 cm³/mol. The molecule has 410 valence electrons. The van der Waals surface area contributed by atoms with Crippen LogP contribution in [0.25, 0.3) is 0 Å². The lowest BCUT2D eigenvalue weighted by molar-refractivity contribution is -0.144. The fourth-order valence-corrected chi connectivity index (χ4v) is 10.4. The maximum atomic E-state index is 12.7. The number of rotatable bonds is 60. The van der Waals surface area contributed by atoms with Gasteiger partial charge in [0, 0.05) is 6.42 Å². The smallest absolute Gasteiger partial charge is 0.305 e. The minimum Gasteiger partial charge on any atom is -0.466 e. The lowest BCUT2D eigenvalue weighted by atomic mass is 10.0. The molecule has 0 heterocycles. The Morgan fingerprint density at radius 3 is 0.899 bits per heavy atom. The van der Waals surface area contributed by atoms with Crippen LogP contribution in [-0.2, 0) is 9.53 Å². The van der Waals surface area contributed by atoms with Gasteiger partial charge >= 0.3 is 5.97 Å². The van der Waals surface area contributed by atoms with E-state index in [9.17, 15) is 4.79 Å². The molecule has 0 aromatic carbocycles. The highest BCUT2D eigenvalue weighted by molar-refractivity contribution is 5.69. The molecule has 0 saturated carbocycles. The van der Waals surface area contributed by atoms with Gasteiger partial charge in [-0.25, -0.2) is 0 Å². The van der Waals surface area contributed by atoms with Gasteiger partial charge in [0.2, 0.25) is 0 Å². The minimum absolute atomic E-state index is 0.00102. The molecule has 0 aliphatic rings. The van der Waals surface area contributed by atoms with Crippen LogP contribution in [-0.4, -0.2) is 62.1 Å². The number of hydrogen-bond acceptors (Lipinski definition) is 4. The summed E-state index contributed by atoms with van der Waals surface area (Å²) in [6.07, 6.45) is 66.8. The zero-order valence-electron chi connectivity index (χ0n) is 48.2. The van der Waals surface area contributed by atoms with E-state index in [0.717, 1.165) is 52.0 Å². The summed E-state index contributed by atoms with van der Waals surface area (Å²) in [6, 6.07) is 0. The zero-order chi connectivity index (χ0) is 50.2. The van der Waals surface area contributed by atoms with Crippen LogP contribution < -0.4 is 0 Å². The lowest BCUT2D eigenvalue weighted by Crippen LogP contribution is -2.31. The Morgan fingerprint density at radius 1 is 0.304 bits per heavy atom. The molecule has 0 aromatic rings. The maximum Gasteiger partial charge on any atom is 0.305 e. The quantitative estimate of drug-likeness (QED) is 0.0345. The lowest BCUT2D eigenvalue weighted by Gasteiger charge is -2.24. The van der Waals surface area contributed by atoms with Crippen LogP contribution in [0.4, 0.5) is 0 Å². The van der Waals surface area contributed by atoms with E-state index in [-0.39, 0.29) is 5.97 Å². The van der Waals surface area contributed by atoms with E-state index in [4.69, 9.17) is 4.74 Å². The summed E-state index contributed by atoms with van der Waals surface area (Å²) in [6.45, 7) is 21.9. The van der Waals surface area contributed by atoms with Crippen molar-refractivity contribution in [3.8, 4) is 0 Å². The van der Waals surface area contributed by atoms with E-state index in [1.807, 2.05) is 0 Å². The molecule has 0 unspecified atom stereocenters. The minimum atomic E-state index is 0.00102. The highest BCUT2D eigenvalue weighted by Crippen LogP contribution is 2.19. The summed E-state index contributed by atoms with van der Waals surface area (Å²) in [5.74, 6) is 0.00102. The number of unbranched alkanes of at least 4 members (excludes halogenated alkanes) is 38. The first-order valence-electron chi connectivity index (χ1n) is 31.8. The Kier molecular flexibility index (Phi) is 56.8. The molecule has 0 radical (unpaired) electrons. The standard InChI is InChI=1S/C65H128N2O2/c1-7-10-13-16-19-22-25-28-30-33-36-39-42-45-52-63(4)54-48-57-66(6)58-51-61-67(59-49-55-64(5)53-46-43-40-37-34-31-29-26-23-20-17-14-11-8-2)60-50-56-65(68)69-62-47-44-41-38-35-32-27-24-21-18-15-12-9-3/h4-5,7-62H2,1-3,6H3. The van der Waals surface area contributed by atoms with E-state index >= 15 is 0 Å². The Bertz CT molecular complexity index is 991. The van der Waals surface area contributed by atoms with Crippen LogP contribution in [0, 0.1) is 0 Å². The van der Waals surface area contributed by atoms with E-state index in [2.05, 4.69) is 50.8 Å². The molecule has 0 rings (SSSR count). The van der Waals surface area contributed by atoms with Crippen LogP contribution >= 0.6 is 0 Å². The molecule has 0 N–H and O–H groups in total. The van der Waals surface area contributed by atoms with Gasteiger partial charge in [-0.1, -0.05) is 289 Å². The average Bonchev–Trinajstić information content (AvgIpc) is 3.34. The third kappa shape index (κ3) is 56.0. The number of ether oxygens (including phenoxy) is 1. The second-order valence-corrected chi connectivity index (χ2v) is 22.5. The number of hydrogen-bond donors (Lipinski definition) is 0. The second-order valence-electron chi connectivity index (χ2n) is 22.5. The molecule has 69 heavy (non-hydrogen) atoms. The van der Waals surface area contributed by atoms with Gasteiger partial charge in [-0.3, -0.25) is 4.79 Å². The molecule has 0 amide bonds.